The van der Waals surface area contributed by atoms with Crippen molar-refractivity contribution in [2.45, 2.75) is 38.8 Å². The molecule has 0 amide bonds. The maximum atomic E-state index is 14.1. The fourth-order valence-electron chi connectivity index (χ4n) is 5.34. The molecule has 12 heteroatoms. The number of hydrogen-bond acceptors (Lipinski definition) is 8. The average molecular weight is 544 g/mol. The second kappa shape index (κ2) is 9.82. The first-order valence-electron chi connectivity index (χ1n) is 12.9. The van der Waals surface area contributed by atoms with Crippen molar-refractivity contribution in [1.82, 2.24) is 24.6 Å². The Morgan fingerprint density at radius 3 is 2.54 bits per heavy atom. The highest BCUT2D eigenvalue weighted by molar-refractivity contribution is 5.92. The van der Waals surface area contributed by atoms with Crippen LogP contribution in [0, 0.1) is 0 Å². The van der Waals surface area contributed by atoms with E-state index < -0.39 is 23.1 Å². The summed E-state index contributed by atoms with van der Waals surface area (Å²) >= 11 is 0. The molecule has 2 aliphatic rings. The Morgan fingerprint density at radius 1 is 1.15 bits per heavy atom. The van der Waals surface area contributed by atoms with Gasteiger partial charge in [0.15, 0.2) is 5.69 Å². The molecule has 5 rings (SSSR count). The Kier molecular flexibility index (Phi) is 6.78. The lowest BCUT2D eigenvalue weighted by Crippen LogP contribution is -2.45. The van der Waals surface area contributed by atoms with E-state index >= 15 is 0 Å². The van der Waals surface area contributed by atoms with Crippen LogP contribution in [0.3, 0.4) is 0 Å². The van der Waals surface area contributed by atoms with Gasteiger partial charge in [-0.05, 0) is 44.0 Å². The number of esters is 1. The van der Waals surface area contributed by atoms with Gasteiger partial charge in [0, 0.05) is 61.9 Å². The molecule has 0 radical (unpaired) electrons. The van der Waals surface area contributed by atoms with Crippen molar-refractivity contribution in [1.29, 1.82) is 0 Å². The fraction of sp³-hybridized carbons (Fsp3) is 0.481. The van der Waals surface area contributed by atoms with Gasteiger partial charge in [0.05, 0.1) is 23.6 Å². The van der Waals surface area contributed by atoms with Gasteiger partial charge in [-0.25, -0.2) is 14.8 Å². The number of anilines is 3. The van der Waals surface area contributed by atoms with E-state index in [9.17, 15) is 18.0 Å². The topological polar surface area (TPSA) is 88.4 Å². The number of aryl methyl sites for hydroxylation is 1. The molecule has 1 fully saturated rings. The van der Waals surface area contributed by atoms with E-state index in [1.165, 1.54) is 6.07 Å². The number of piperazine rings is 1. The zero-order valence-corrected chi connectivity index (χ0v) is 22.7. The van der Waals surface area contributed by atoms with E-state index in [0.717, 1.165) is 17.2 Å². The lowest BCUT2D eigenvalue weighted by atomic mass is 9.73. The van der Waals surface area contributed by atoms with Crippen molar-refractivity contribution in [3.05, 3.63) is 46.8 Å². The lowest BCUT2D eigenvalue weighted by molar-refractivity contribution is -0.137. The Balaban J connectivity index is 1.51. The van der Waals surface area contributed by atoms with E-state index in [-0.39, 0.29) is 29.6 Å². The summed E-state index contributed by atoms with van der Waals surface area (Å²) in [6, 6.07) is 4.22. The Hall–Kier alpha value is -3.67. The minimum atomic E-state index is -4.52. The molecule has 1 aliphatic carbocycles. The average Bonchev–Trinajstić information content (AvgIpc) is 3.19. The summed E-state index contributed by atoms with van der Waals surface area (Å²) in [6.07, 6.45) is -2.30. The molecule has 0 saturated carbocycles. The third-order valence-electron chi connectivity index (χ3n) is 7.38. The van der Waals surface area contributed by atoms with Crippen LogP contribution < -0.4 is 10.2 Å². The highest BCUT2D eigenvalue weighted by atomic mass is 19.4. The normalized spacial score (nSPS) is 17.0. The molecular weight excluding hydrogens is 511 g/mol. The van der Waals surface area contributed by atoms with Crippen molar-refractivity contribution in [3.63, 3.8) is 0 Å². The zero-order chi connectivity index (χ0) is 28.1. The number of rotatable bonds is 5. The number of ether oxygens (including phenoxy) is 1. The van der Waals surface area contributed by atoms with Crippen LogP contribution in [0.15, 0.2) is 24.4 Å². The van der Waals surface area contributed by atoms with Crippen molar-refractivity contribution < 1.29 is 22.7 Å². The number of nitrogens with one attached hydrogen (secondary N) is 1. The zero-order valence-electron chi connectivity index (χ0n) is 22.7. The number of benzene rings is 1. The number of likely N-dealkylation sites (N-methyl/N-ethyl adjacent to an activating group) is 1. The molecule has 1 N–H and O–H groups in total. The van der Waals surface area contributed by atoms with E-state index in [2.05, 4.69) is 20.3 Å². The van der Waals surface area contributed by atoms with E-state index in [0.29, 0.717) is 44.0 Å². The van der Waals surface area contributed by atoms with Gasteiger partial charge < -0.3 is 19.9 Å². The predicted molar refractivity (Wildman–Crippen MR) is 141 cm³/mol. The quantitative estimate of drug-likeness (QED) is 0.474. The summed E-state index contributed by atoms with van der Waals surface area (Å²) in [5.74, 6) is -0.349. The number of fused-ring (bicyclic) bond motifs is 3. The highest BCUT2D eigenvalue weighted by Crippen LogP contribution is 2.44. The molecule has 0 atom stereocenters. The number of carbonyl (C=O) groups excluding carboxylic acids is 1. The molecule has 2 aromatic heterocycles. The van der Waals surface area contributed by atoms with Crippen LogP contribution in [0.5, 0.6) is 0 Å². The SMILES string of the molecule is CCOC(=O)c1nn(C)c2c1CC(C)(C)c1cnc(Nc3ccc(N4CCN(C)CC4)c(C(F)(F)F)c3)nc1-2. The third-order valence-corrected chi connectivity index (χ3v) is 7.38. The molecule has 3 aromatic rings. The van der Waals surface area contributed by atoms with E-state index in [1.807, 2.05) is 20.9 Å². The second-order valence-corrected chi connectivity index (χ2v) is 10.7. The van der Waals surface area contributed by atoms with Gasteiger partial charge in [-0.3, -0.25) is 4.68 Å². The molecule has 0 unspecified atom stereocenters. The Morgan fingerprint density at radius 2 is 1.87 bits per heavy atom. The number of aromatic nitrogens is 4. The number of halogens is 3. The van der Waals surface area contributed by atoms with Crippen LogP contribution in [-0.2, 0) is 29.8 Å². The summed E-state index contributed by atoms with van der Waals surface area (Å²) in [4.78, 5) is 25.6. The summed E-state index contributed by atoms with van der Waals surface area (Å²) in [6.45, 7) is 8.47. The van der Waals surface area contributed by atoms with Crippen molar-refractivity contribution in [2.24, 2.45) is 7.05 Å². The van der Waals surface area contributed by atoms with Gasteiger partial charge in [0.2, 0.25) is 5.95 Å². The maximum absolute atomic E-state index is 14.1. The molecule has 3 heterocycles. The van der Waals surface area contributed by atoms with Crippen molar-refractivity contribution in [2.75, 3.05) is 50.1 Å². The Labute approximate surface area is 225 Å². The highest BCUT2D eigenvalue weighted by Gasteiger charge is 2.39. The minimum Gasteiger partial charge on any atom is -0.461 e. The molecule has 208 valence electrons. The summed E-state index contributed by atoms with van der Waals surface area (Å²) in [7, 11) is 3.69. The number of alkyl halides is 3. The van der Waals surface area contributed by atoms with Crippen LogP contribution in [0.25, 0.3) is 11.4 Å². The van der Waals surface area contributed by atoms with Gasteiger partial charge in [-0.2, -0.15) is 18.3 Å². The number of carbonyl (C=O) groups is 1. The maximum Gasteiger partial charge on any atom is 0.418 e. The summed E-state index contributed by atoms with van der Waals surface area (Å²) in [5.41, 5.74) is 2.37. The second-order valence-electron chi connectivity index (χ2n) is 10.7. The van der Waals surface area contributed by atoms with Gasteiger partial charge in [0.25, 0.3) is 0 Å². The largest absolute Gasteiger partial charge is 0.461 e. The molecule has 0 spiro atoms. The first kappa shape index (κ1) is 26.9. The molecule has 1 saturated heterocycles. The minimum absolute atomic E-state index is 0.150. The fourth-order valence-corrected chi connectivity index (χ4v) is 5.34. The van der Waals surface area contributed by atoms with Gasteiger partial charge in [0.1, 0.15) is 0 Å². The summed E-state index contributed by atoms with van der Waals surface area (Å²) in [5, 5.41) is 7.38. The van der Waals surface area contributed by atoms with Gasteiger partial charge >= 0.3 is 12.1 Å². The van der Waals surface area contributed by atoms with Crippen LogP contribution in [0.4, 0.5) is 30.5 Å². The Bertz CT molecular complexity index is 1410. The third kappa shape index (κ3) is 5.05. The van der Waals surface area contributed by atoms with E-state index in [1.54, 1.807) is 35.8 Å². The molecule has 9 nitrogen and oxygen atoms in total. The number of hydrogen-bond donors (Lipinski definition) is 1. The standard InChI is InChI=1S/C27H32F3N7O2/c1-6-39-24(38)21-17-14-26(2,3)19-15-31-25(33-22(19)23(17)36(5)34-21)32-16-7-8-20(18(13-16)27(28,29)30)37-11-9-35(4)10-12-37/h7-8,13,15H,6,9-12,14H2,1-5H3,(H,31,32,33). The van der Waals surface area contributed by atoms with Crippen LogP contribution >= 0.6 is 0 Å². The molecule has 1 aliphatic heterocycles. The van der Waals surface area contributed by atoms with E-state index in [4.69, 9.17) is 9.72 Å². The number of nitrogens with zero attached hydrogens (tertiary/aromatic N) is 6. The smallest absolute Gasteiger partial charge is 0.418 e. The first-order chi connectivity index (χ1) is 18.4. The molecule has 0 bridgehead atoms. The predicted octanol–water partition coefficient (Wildman–Crippen LogP) is 4.40. The molecule has 39 heavy (non-hydrogen) atoms. The van der Waals surface area contributed by atoms with Gasteiger partial charge in [-0.1, -0.05) is 13.8 Å². The van der Waals surface area contributed by atoms with Crippen LogP contribution in [0.2, 0.25) is 0 Å². The molecule has 1 aromatic carbocycles. The van der Waals surface area contributed by atoms with Gasteiger partial charge in [-0.15, -0.1) is 0 Å². The summed E-state index contributed by atoms with van der Waals surface area (Å²) < 4.78 is 49.1. The van der Waals surface area contributed by atoms with Crippen molar-refractivity contribution >= 4 is 23.3 Å². The monoisotopic (exact) mass is 543 g/mol. The molecular formula is C27H32F3N7O2. The van der Waals surface area contributed by atoms with Crippen molar-refractivity contribution in [3.8, 4) is 11.4 Å². The lowest BCUT2D eigenvalue weighted by Gasteiger charge is -2.35. The first-order valence-corrected chi connectivity index (χ1v) is 12.9. The van der Waals surface area contributed by atoms with Crippen LogP contribution in [-0.4, -0.2) is 70.5 Å². The van der Waals surface area contributed by atoms with Crippen LogP contribution in [0.1, 0.15) is 48.0 Å².